The Hall–Kier alpha value is -0.570. The molecule has 0 amide bonds. The summed E-state index contributed by atoms with van der Waals surface area (Å²) in [5.74, 6) is 0. The first-order valence-corrected chi connectivity index (χ1v) is 8.06. The number of hydrogen-bond donors (Lipinski definition) is 0. The third kappa shape index (κ3) is 2.88. The van der Waals surface area contributed by atoms with Crippen molar-refractivity contribution >= 4 is 11.6 Å². The van der Waals surface area contributed by atoms with Crippen molar-refractivity contribution in [1.29, 1.82) is 0 Å². The summed E-state index contributed by atoms with van der Waals surface area (Å²) in [6.45, 7) is 10.5. The number of halogens is 1. The lowest BCUT2D eigenvalue weighted by Crippen LogP contribution is -2.58. The number of likely N-dealkylation sites (tertiary alicyclic amines) is 1. The van der Waals surface area contributed by atoms with Gasteiger partial charge < -0.3 is 0 Å². The van der Waals surface area contributed by atoms with Crippen LogP contribution in [-0.4, -0.2) is 40.5 Å². The van der Waals surface area contributed by atoms with Crippen LogP contribution >= 0.6 is 11.6 Å². The van der Waals surface area contributed by atoms with Crippen LogP contribution in [0.5, 0.6) is 0 Å². The van der Waals surface area contributed by atoms with Gasteiger partial charge in [0.2, 0.25) is 0 Å². The molecular formula is C17H25ClN2. The molecule has 2 nitrogen and oxygen atoms in total. The summed E-state index contributed by atoms with van der Waals surface area (Å²) in [7, 11) is 0. The second-order valence-corrected chi connectivity index (χ2v) is 7.70. The van der Waals surface area contributed by atoms with Gasteiger partial charge in [-0.05, 0) is 51.3 Å². The summed E-state index contributed by atoms with van der Waals surface area (Å²) >= 11 is 5.97. The average Bonchev–Trinajstić information content (AvgIpc) is 2.61. The topological polar surface area (TPSA) is 6.48 Å². The lowest BCUT2D eigenvalue weighted by molar-refractivity contribution is 0.0116. The highest BCUT2D eigenvalue weighted by atomic mass is 35.5. The predicted molar refractivity (Wildman–Crippen MR) is 85.1 cm³/mol. The first-order chi connectivity index (χ1) is 9.43. The van der Waals surface area contributed by atoms with E-state index in [0.717, 1.165) is 23.7 Å². The summed E-state index contributed by atoms with van der Waals surface area (Å²) in [5.41, 5.74) is 1.68. The molecule has 0 saturated carbocycles. The second-order valence-electron chi connectivity index (χ2n) is 7.26. The Kier molecular flexibility index (Phi) is 3.83. The molecule has 2 unspecified atom stereocenters. The molecule has 0 aromatic heterocycles. The first kappa shape index (κ1) is 14.4. The van der Waals surface area contributed by atoms with Gasteiger partial charge in [-0.15, -0.1) is 0 Å². The molecule has 2 aliphatic heterocycles. The largest absolute Gasteiger partial charge is 0.295 e. The lowest BCUT2D eigenvalue weighted by Gasteiger charge is -2.46. The van der Waals surface area contributed by atoms with E-state index in [1.807, 2.05) is 12.1 Å². The van der Waals surface area contributed by atoms with Gasteiger partial charge in [0.1, 0.15) is 0 Å². The van der Waals surface area contributed by atoms with Gasteiger partial charge in [-0.2, -0.15) is 0 Å². The van der Waals surface area contributed by atoms with Crippen LogP contribution in [0, 0.1) is 0 Å². The molecule has 20 heavy (non-hydrogen) atoms. The standard InChI is InChI=1S/C17H25ClN2/c1-17(2,3)19-11-15-8-9-16(12-19)20(15)10-13-4-6-14(18)7-5-13/h4-7,15-16H,8-12H2,1-3H3. The third-order valence-electron chi connectivity index (χ3n) is 4.86. The highest BCUT2D eigenvalue weighted by Crippen LogP contribution is 2.34. The monoisotopic (exact) mass is 292 g/mol. The van der Waals surface area contributed by atoms with E-state index in [-0.39, 0.29) is 0 Å². The van der Waals surface area contributed by atoms with E-state index < -0.39 is 0 Å². The van der Waals surface area contributed by atoms with Crippen molar-refractivity contribution in [2.24, 2.45) is 0 Å². The van der Waals surface area contributed by atoms with Crippen LogP contribution in [0.2, 0.25) is 5.02 Å². The fourth-order valence-corrected chi connectivity index (χ4v) is 3.72. The van der Waals surface area contributed by atoms with Crippen molar-refractivity contribution in [3.05, 3.63) is 34.9 Å². The third-order valence-corrected chi connectivity index (χ3v) is 5.11. The molecule has 2 saturated heterocycles. The minimum Gasteiger partial charge on any atom is -0.295 e. The van der Waals surface area contributed by atoms with E-state index in [1.165, 1.54) is 31.5 Å². The van der Waals surface area contributed by atoms with Gasteiger partial charge in [0.25, 0.3) is 0 Å². The van der Waals surface area contributed by atoms with E-state index in [1.54, 1.807) is 0 Å². The highest BCUT2D eigenvalue weighted by Gasteiger charge is 2.42. The van der Waals surface area contributed by atoms with Gasteiger partial charge in [-0.25, -0.2) is 0 Å². The molecule has 0 aliphatic carbocycles. The van der Waals surface area contributed by atoms with Crippen LogP contribution in [0.25, 0.3) is 0 Å². The Bertz CT molecular complexity index is 449. The number of nitrogens with zero attached hydrogens (tertiary/aromatic N) is 2. The Morgan fingerprint density at radius 3 is 2.10 bits per heavy atom. The fourth-order valence-electron chi connectivity index (χ4n) is 3.60. The number of benzene rings is 1. The minimum atomic E-state index is 0.299. The minimum absolute atomic E-state index is 0.299. The van der Waals surface area contributed by atoms with E-state index in [0.29, 0.717) is 5.54 Å². The van der Waals surface area contributed by atoms with Crippen molar-refractivity contribution < 1.29 is 0 Å². The van der Waals surface area contributed by atoms with Crippen molar-refractivity contribution in [3.8, 4) is 0 Å². The predicted octanol–water partition coefficient (Wildman–Crippen LogP) is 3.79. The molecule has 1 aromatic rings. The second kappa shape index (κ2) is 5.32. The molecule has 2 bridgehead atoms. The van der Waals surface area contributed by atoms with Crippen molar-refractivity contribution in [2.45, 2.75) is 57.8 Å². The number of piperazine rings is 1. The van der Waals surface area contributed by atoms with Crippen molar-refractivity contribution in [1.82, 2.24) is 9.80 Å². The summed E-state index contributed by atoms with van der Waals surface area (Å²) in [5, 5.41) is 0.828. The van der Waals surface area contributed by atoms with Gasteiger partial charge in [-0.1, -0.05) is 23.7 Å². The van der Waals surface area contributed by atoms with Crippen LogP contribution < -0.4 is 0 Å². The zero-order chi connectivity index (χ0) is 14.3. The van der Waals surface area contributed by atoms with E-state index in [9.17, 15) is 0 Å². The molecule has 2 fully saturated rings. The number of rotatable bonds is 2. The molecule has 3 heteroatoms. The van der Waals surface area contributed by atoms with Gasteiger partial charge in [-0.3, -0.25) is 9.80 Å². The van der Waals surface area contributed by atoms with Crippen LogP contribution in [0.15, 0.2) is 24.3 Å². The Labute approximate surface area is 127 Å². The van der Waals surface area contributed by atoms with Crippen LogP contribution in [0.4, 0.5) is 0 Å². The Balaban J connectivity index is 1.69. The normalized spacial score (nSPS) is 28.0. The summed E-state index contributed by atoms with van der Waals surface area (Å²) in [4.78, 5) is 5.37. The molecule has 3 rings (SSSR count). The van der Waals surface area contributed by atoms with E-state index in [2.05, 4.69) is 42.7 Å². The van der Waals surface area contributed by atoms with Gasteiger partial charge >= 0.3 is 0 Å². The number of hydrogen-bond acceptors (Lipinski definition) is 2. The summed E-state index contributed by atoms with van der Waals surface area (Å²) in [6.07, 6.45) is 2.70. The highest BCUT2D eigenvalue weighted by molar-refractivity contribution is 6.30. The molecule has 0 N–H and O–H groups in total. The Morgan fingerprint density at radius 1 is 1.05 bits per heavy atom. The van der Waals surface area contributed by atoms with Crippen LogP contribution in [0.3, 0.4) is 0 Å². The smallest absolute Gasteiger partial charge is 0.0406 e. The van der Waals surface area contributed by atoms with E-state index in [4.69, 9.17) is 11.6 Å². The van der Waals surface area contributed by atoms with E-state index >= 15 is 0 Å². The van der Waals surface area contributed by atoms with Gasteiger partial charge in [0.15, 0.2) is 0 Å². The quantitative estimate of drug-likeness (QED) is 0.818. The molecule has 2 heterocycles. The molecular weight excluding hydrogens is 268 g/mol. The number of fused-ring (bicyclic) bond motifs is 2. The maximum atomic E-state index is 5.97. The van der Waals surface area contributed by atoms with Gasteiger partial charge in [0, 0.05) is 42.3 Å². The van der Waals surface area contributed by atoms with Crippen molar-refractivity contribution in [3.63, 3.8) is 0 Å². The zero-order valence-corrected chi connectivity index (χ0v) is 13.5. The first-order valence-electron chi connectivity index (χ1n) is 7.69. The Morgan fingerprint density at radius 2 is 1.60 bits per heavy atom. The average molecular weight is 293 g/mol. The molecule has 2 aliphatic rings. The molecule has 2 atom stereocenters. The van der Waals surface area contributed by atoms with Crippen LogP contribution in [0.1, 0.15) is 39.2 Å². The summed E-state index contributed by atoms with van der Waals surface area (Å²) in [6, 6.07) is 9.79. The molecule has 0 radical (unpaired) electrons. The maximum Gasteiger partial charge on any atom is 0.0406 e. The molecule has 0 spiro atoms. The SMILES string of the molecule is CC(C)(C)N1CC2CCC(C1)N2Cc1ccc(Cl)cc1. The molecule has 1 aromatic carbocycles. The zero-order valence-electron chi connectivity index (χ0n) is 12.8. The van der Waals surface area contributed by atoms with Gasteiger partial charge in [0.05, 0.1) is 0 Å². The fraction of sp³-hybridized carbons (Fsp3) is 0.647. The van der Waals surface area contributed by atoms with Crippen LogP contribution in [-0.2, 0) is 6.54 Å². The molecule has 110 valence electrons. The maximum absolute atomic E-state index is 5.97. The summed E-state index contributed by atoms with van der Waals surface area (Å²) < 4.78 is 0. The lowest BCUT2D eigenvalue weighted by atomic mass is 10.0. The van der Waals surface area contributed by atoms with Crippen molar-refractivity contribution in [2.75, 3.05) is 13.1 Å².